The number of fused-ring (bicyclic) bond motifs is 1. The van der Waals surface area contributed by atoms with Gasteiger partial charge in [0.2, 0.25) is 0 Å². The Morgan fingerprint density at radius 1 is 1.20 bits per heavy atom. The molecule has 0 aliphatic heterocycles. The normalized spacial score (nSPS) is 11.8. The molecule has 0 radical (unpaired) electrons. The smallest absolute Gasteiger partial charge is 0.263 e. The molecule has 0 aliphatic carbocycles. The highest BCUT2D eigenvalue weighted by Gasteiger charge is 2.18. The summed E-state index contributed by atoms with van der Waals surface area (Å²) in [6.45, 7) is 0. The SMILES string of the molecule is O=S(=O)(c1cccnc1)n1ccc2ccc(CBr)cc21. The van der Waals surface area contributed by atoms with E-state index in [2.05, 4.69) is 20.9 Å². The van der Waals surface area contributed by atoms with Gasteiger partial charge in [0.05, 0.1) is 5.52 Å². The second kappa shape index (κ2) is 5.03. The molecule has 102 valence electrons. The second-order valence-electron chi connectivity index (χ2n) is 4.33. The molecular formula is C14H11BrN2O2S. The molecule has 0 aliphatic rings. The molecule has 20 heavy (non-hydrogen) atoms. The number of pyridine rings is 1. The first-order valence-electron chi connectivity index (χ1n) is 5.94. The van der Waals surface area contributed by atoms with E-state index in [1.165, 1.54) is 10.2 Å². The summed E-state index contributed by atoms with van der Waals surface area (Å²) in [6.07, 6.45) is 4.48. The van der Waals surface area contributed by atoms with Crippen LogP contribution in [-0.2, 0) is 15.4 Å². The highest BCUT2D eigenvalue weighted by Crippen LogP contribution is 2.23. The van der Waals surface area contributed by atoms with Gasteiger partial charge in [0.1, 0.15) is 4.90 Å². The lowest BCUT2D eigenvalue weighted by molar-refractivity contribution is 0.588. The van der Waals surface area contributed by atoms with Crippen LogP contribution in [0.15, 0.2) is 59.9 Å². The number of hydrogen-bond acceptors (Lipinski definition) is 3. The average molecular weight is 351 g/mol. The minimum absolute atomic E-state index is 0.182. The highest BCUT2D eigenvalue weighted by atomic mass is 79.9. The van der Waals surface area contributed by atoms with E-state index in [0.717, 1.165) is 10.9 Å². The van der Waals surface area contributed by atoms with Gasteiger partial charge in [-0.15, -0.1) is 0 Å². The van der Waals surface area contributed by atoms with E-state index >= 15 is 0 Å². The Labute approximate surface area is 125 Å². The predicted octanol–water partition coefficient (Wildman–Crippen LogP) is 3.17. The predicted molar refractivity (Wildman–Crippen MR) is 81.4 cm³/mol. The number of aromatic nitrogens is 2. The molecule has 0 unspecified atom stereocenters. The molecule has 0 atom stereocenters. The monoisotopic (exact) mass is 350 g/mol. The molecule has 0 saturated carbocycles. The fourth-order valence-electron chi connectivity index (χ4n) is 2.06. The van der Waals surface area contributed by atoms with E-state index in [0.29, 0.717) is 10.8 Å². The van der Waals surface area contributed by atoms with E-state index in [1.54, 1.807) is 30.6 Å². The summed E-state index contributed by atoms with van der Waals surface area (Å²) in [5.41, 5.74) is 1.70. The van der Waals surface area contributed by atoms with Crippen molar-refractivity contribution in [2.24, 2.45) is 0 Å². The minimum atomic E-state index is -3.61. The van der Waals surface area contributed by atoms with E-state index in [-0.39, 0.29) is 4.90 Å². The number of benzene rings is 1. The van der Waals surface area contributed by atoms with Crippen molar-refractivity contribution in [1.82, 2.24) is 8.96 Å². The highest BCUT2D eigenvalue weighted by molar-refractivity contribution is 9.08. The van der Waals surface area contributed by atoms with Gasteiger partial charge in [-0.1, -0.05) is 28.1 Å². The van der Waals surface area contributed by atoms with Crippen LogP contribution in [0.3, 0.4) is 0 Å². The number of halogens is 1. The van der Waals surface area contributed by atoms with Crippen LogP contribution in [0.25, 0.3) is 10.9 Å². The topological polar surface area (TPSA) is 52.0 Å². The van der Waals surface area contributed by atoms with Gasteiger partial charge in [0.25, 0.3) is 10.0 Å². The molecule has 3 aromatic rings. The maximum atomic E-state index is 12.6. The quantitative estimate of drug-likeness (QED) is 0.681. The summed E-state index contributed by atoms with van der Waals surface area (Å²) in [5.74, 6) is 0. The summed E-state index contributed by atoms with van der Waals surface area (Å²) >= 11 is 3.38. The Bertz CT molecular complexity index is 857. The molecule has 6 heteroatoms. The molecule has 0 fully saturated rings. The van der Waals surface area contributed by atoms with Gasteiger partial charge in [-0.25, -0.2) is 12.4 Å². The minimum Gasteiger partial charge on any atom is -0.263 e. The molecule has 2 heterocycles. The van der Waals surface area contributed by atoms with Gasteiger partial charge in [0.15, 0.2) is 0 Å². The lowest BCUT2D eigenvalue weighted by Crippen LogP contribution is -2.11. The molecular weight excluding hydrogens is 340 g/mol. The van der Waals surface area contributed by atoms with Crippen LogP contribution < -0.4 is 0 Å². The van der Waals surface area contributed by atoms with Crippen LogP contribution in [0.1, 0.15) is 5.56 Å². The van der Waals surface area contributed by atoms with Crippen LogP contribution in [0.4, 0.5) is 0 Å². The van der Waals surface area contributed by atoms with Crippen molar-refractivity contribution in [1.29, 1.82) is 0 Å². The summed E-state index contributed by atoms with van der Waals surface area (Å²) in [7, 11) is -3.61. The lowest BCUT2D eigenvalue weighted by atomic mass is 10.2. The van der Waals surface area contributed by atoms with Crippen LogP contribution in [0, 0.1) is 0 Å². The summed E-state index contributed by atoms with van der Waals surface area (Å²) in [4.78, 5) is 4.06. The third kappa shape index (κ3) is 2.14. The fraction of sp³-hybridized carbons (Fsp3) is 0.0714. The summed E-state index contributed by atoms with van der Waals surface area (Å²) < 4.78 is 26.5. The van der Waals surface area contributed by atoms with Crippen LogP contribution >= 0.6 is 15.9 Å². The number of hydrogen-bond donors (Lipinski definition) is 0. The zero-order valence-corrected chi connectivity index (χ0v) is 12.8. The number of alkyl halides is 1. The van der Waals surface area contributed by atoms with Gasteiger partial charge in [0, 0.05) is 29.3 Å². The first kappa shape index (κ1) is 13.3. The van der Waals surface area contributed by atoms with Crippen molar-refractivity contribution in [3.63, 3.8) is 0 Å². The average Bonchev–Trinajstić information content (AvgIpc) is 2.91. The van der Waals surface area contributed by atoms with Crippen molar-refractivity contribution in [3.05, 3.63) is 60.6 Å². The maximum absolute atomic E-state index is 12.6. The Kier molecular flexibility index (Phi) is 3.35. The van der Waals surface area contributed by atoms with Crippen LogP contribution in [-0.4, -0.2) is 17.4 Å². The Balaban J connectivity index is 2.24. The third-order valence-corrected chi connectivity index (χ3v) is 5.39. The van der Waals surface area contributed by atoms with Crippen LogP contribution in [0.2, 0.25) is 0 Å². The zero-order valence-electron chi connectivity index (χ0n) is 10.4. The van der Waals surface area contributed by atoms with Crippen LogP contribution in [0.5, 0.6) is 0 Å². The Hall–Kier alpha value is -1.66. The van der Waals surface area contributed by atoms with Gasteiger partial charge in [-0.05, 0) is 29.8 Å². The van der Waals surface area contributed by atoms with Crippen molar-refractivity contribution in [3.8, 4) is 0 Å². The molecule has 3 rings (SSSR count). The van der Waals surface area contributed by atoms with Gasteiger partial charge < -0.3 is 0 Å². The standard InChI is InChI=1S/C14H11BrN2O2S/c15-9-11-3-4-12-5-7-17(14(12)8-11)20(18,19)13-2-1-6-16-10-13/h1-8,10H,9H2. The van der Waals surface area contributed by atoms with Gasteiger partial charge >= 0.3 is 0 Å². The molecule has 0 amide bonds. The molecule has 0 spiro atoms. The maximum Gasteiger partial charge on any atom is 0.269 e. The third-order valence-electron chi connectivity index (χ3n) is 3.07. The van der Waals surface area contributed by atoms with Gasteiger partial charge in [-0.3, -0.25) is 4.98 Å². The largest absolute Gasteiger partial charge is 0.269 e. The molecule has 2 aromatic heterocycles. The Morgan fingerprint density at radius 3 is 2.75 bits per heavy atom. The van der Waals surface area contributed by atoms with Crippen molar-refractivity contribution >= 4 is 36.9 Å². The van der Waals surface area contributed by atoms with E-state index in [9.17, 15) is 8.42 Å². The van der Waals surface area contributed by atoms with Crippen molar-refractivity contribution in [2.45, 2.75) is 10.2 Å². The number of nitrogens with zero attached hydrogens (tertiary/aromatic N) is 2. The first-order valence-corrected chi connectivity index (χ1v) is 8.50. The summed E-state index contributed by atoms with van der Waals surface area (Å²) in [6, 6.07) is 10.7. The molecule has 1 aromatic carbocycles. The van der Waals surface area contributed by atoms with Crippen molar-refractivity contribution < 1.29 is 8.42 Å². The molecule has 0 N–H and O–H groups in total. The summed E-state index contributed by atoms with van der Waals surface area (Å²) in [5, 5.41) is 1.57. The Morgan fingerprint density at radius 2 is 2.05 bits per heavy atom. The van der Waals surface area contributed by atoms with Gasteiger partial charge in [-0.2, -0.15) is 0 Å². The molecule has 0 saturated heterocycles. The van der Waals surface area contributed by atoms with Crippen molar-refractivity contribution in [2.75, 3.05) is 0 Å². The lowest BCUT2D eigenvalue weighted by Gasteiger charge is -2.07. The molecule has 0 bridgehead atoms. The second-order valence-corrected chi connectivity index (χ2v) is 6.71. The fourth-order valence-corrected chi connectivity index (χ4v) is 3.71. The van der Waals surface area contributed by atoms with E-state index in [4.69, 9.17) is 0 Å². The zero-order chi connectivity index (χ0) is 14.2. The van der Waals surface area contributed by atoms with E-state index < -0.39 is 10.0 Å². The number of rotatable bonds is 3. The molecule has 4 nitrogen and oxygen atoms in total. The first-order chi connectivity index (χ1) is 9.63. The van der Waals surface area contributed by atoms with E-state index in [1.807, 2.05) is 18.2 Å².